The molecule has 6 heteroatoms. The Balaban J connectivity index is 3.12. The summed E-state index contributed by atoms with van der Waals surface area (Å²) in [5.41, 5.74) is 4.77. The standard InChI is InChI=1S/C31H46N2O3S/c1-19(2)22-15-13-16-23(20(3)4)26(22)32-28(30(7,8)9)29(31(10,11)12)33-27-24(21(5)6)17-14-18-25(27)37(34,35)36/h13-21H,1-12H3,(H,34,35,36)/p-1. The zero-order valence-electron chi connectivity index (χ0n) is 24.7. The lowest BCUT2D eigenvalue weighted by atomic mass is 9.77. The van der Waals surface area contributed by atoms with Gasteiger partial charge in [0.15, 0.2) is 0 Å². The topological polar surface area (TPSA) is 81.9 Å². The minimum absolute atomic E-state index is 0.0223. The van der Waals surface area contributed by atoms with Gasteiger partial charge in [-0.2, -0.15) is 0 Å². The Kier molecular flexibility index (Phi) is 9.36. The van der Waals surface area contributed by atoms with Crippen LogP contribution >= 0.6 is 0 Å². The third-order valence-electron chi connectivity index (χ3n) is 6.36. The lowest BCUT2D eigenvalue weighted by Gasteiger charge is -2.32. The molecule has 0 aliphatic rings. The molecule has 0 fully saturated rings. The fraction of sp³-hybridized carbons (Fsp3) is 0.548. The summed E-state index contributed by atoms with van der Waals surface area (Å²) in [5.74, 6) is 0.519. The van der Waals surface area contributed by atoms with Crippen LogP contribution in [0, 0.1) is 10.8 Å². The van der Waals surface area contributed by atoms with Crippen LogP contribution in [0.1, 0.15) is 118 Å². The Morgan fingerprint density at radius 3 is 1.30 bits per heavy atom. The normalized spacial score (nSPS) is 14.3. The van der Waals surface area contributed by atoms with Gasteiger partial charge < -0.3 is 4.55 Å². The average molecular weight is 526 g/mol. The molecule has 2 aromatic rings. The molecule has 0 N–H and O–H groups in total. The van der Waals surface area contributed by atoms with Gasteiger partial charge in [0.2, 0.25) is 0 Å². The smallest absolute Gasteiger partial charge is 0.126 e. The summed E-state index contributed by atoms with van der Waals surface area (Å²) in [5, 5.41) is 0. The Hall–Kier alpha value is -2.31. The number of para-hydroxylation sites is 2. The molecular weight excluding hydrogens is 480 g/mol. The molecular formula is C31H45N2O3S-. The van der Waals surface area contributed by atoms with E-state index < -0.39 is 20.9 Å². The molecule has 2 aromatic carbocycles. The number of nitrogens with zero attached hydrogens (tertiary/aromatic N) is 2. The van der Waals surface area contributed by atoms with E-state index in [1.807, 2.05) is 40.7 Å². The van der Waals surface area contributed by atoms with Crippen LogP contribution in [-0.2, 0) is 10.1 Å². The maximum absolute atomic E-state index is 12.3. The van der Waals surface area contributed by atoms with Crippen molar-refractivity contribution < 1.29 is 13.0 Å². The molecule has 5 nitrogen and oxygen atoms in total. The second kappa shape index (κ2) is 11.2. The van der Waals surface area contributed by atoms with Crippen molar-refractivity contribution in [3.8, 4) is 0 Å². The summed E-state index contributed by atoms with van der Waals surface area (Å²) in [6, 6.07) is 11.1. The fourth-order valence-corrected chi connectivity index (χ4v) is 4.99. The first-order valence-corrected chi connectivity index (χ1v) is 14.6. The Morgan fingerprint density at radius 1 is 0.649 bits per heavy atom. The van der Waals surface area contributed by atoms with E-state index in [1.54, 1.807) is 6.07 Å². The Bertz CT molecular complexity index is 1260. The molecule has 204 valence electrons. The van der Waals surface area contributed by atoms with E-state index in [1.165, 1.54) is 6.07 Å². The molecule has 0 atom stereocenters. The second-order valence-corrected chi connectivity index (χ2v) is 14.2. The molecule has 0 amide bonds. The van der Waals surface area contributed by atoms with E-state index in [-0.39, 0.29) is 28.3 Å². The molecule has 0 heterocycles. The molecule has 37 heavy (non-hydrogen) atoms. The van der Waals surface area contributed by atoms with Gasteiger partial charge in [-0.3, -0.25) is 4.99 Å². The average Bonchev–Trinajstić information content (AvgIpc) is 2.73. The van der Waals surface area contributed by atoms with Crippen molar-refractivity contribution >= 4 is 32.9 Å². The van der Waals surface area contributed by atoms with E-state index in [0.717, 1.165) is 28.1 Å². The van der Waals surface area contributed by atoms with Crippen LogP contribution in [0.5, 0.6) is 0 Å². The predicted octanol–water partition coefficient (Wildman–Crippen LogP) is 8.90. The minimum atomic E-state index is -4.73. The number of benzene rings is 2. The van der Waals surface area contributed by atoms with E-state index in [0.29, 0.717) is 5.71 Å². The van der Waals surface area contributed by atoms with Gasteiger partial charge in [0.05, 0.1) is 27.7 Å². The van der Waals surface area contributed by atoms with E-state index in [4.69, 9.17) is 9.98 Å². The van der Waals surface area contributed by atoms with Crippen LogP contribution in [-0.4, -0.2) is 24.4 Å². The molecule has 0 spiro atoms. The van der Waals surface area contributed by atoms with Crippen molar-refractivity contribution in [3.63, 3.8) is 0 Å². The number of rotatable bonds is 7. The highest BCUT2D eigenvalue weighted by molar-refractivity contribution is 7.86. The molecule has 2 rings (SSSR count). The third kappa shape index (κ3) is 7.38. The first-order valence-electron chi connectivity index (χ1n) is 13.2. The molecule has 0 saturated heterocycles. The Labute approximate surface area is 225 Å². The maximum atomic E-state index is 12.3. The van der Waals surface area contributed by atoms with Gasteiger partial charge in [-0.1, -0.05) is 113 Å². The molecule has 0 radical (unpaired) electrons. The molecule has 0 aromatic heterocycles. The molecule has 0 unspecified atom stereocenters. The van der Waals surface area contributed by atoms with Crippen LogP contribution in [0.25, 0.3) is 0 Å². The molecule has 0 bridgehead atoms. The van der Waals surface area contributed by atoms with Crippen LogP contribution in [0.15, 0.2) is 51.3 Å². The summed E-state index contributed by atoms with van der Waals surface area (Å²) in [4.78, 5) is 10.1. The second-order valence-electron chi connectivity index (χ2n) is 12.8. The van der Waals surface area contributed by atoms with E-state index in [2.05, 4.69) is 66.7 Å². The summed E-state index contributed by atoms with van der Waals surface area (Å²) < 4.78 is 36.9. The first kappa shape index (κ1) is 30.9. The monoisotopic (exact) mass is 525 g/mol. The number of hydrogen-bond acceptors (Lipinski definition) is 5. The summed E-state index contributed by atoms with van der Waals surface area (Å²) >= 11 is 0. The van der Waals surface area contributed by atoms with Gasteiger partial charge in [-0.15, -0.1) is 0 Å². The summed E-state index contributed by atoms with van der Waals surface area (Å²) in [6.45, 7) is 25.0. The van der Waals surface area contributed by atoms with Crippen molar-refractivity contribution in [1.29, 1.82) is 0 Å². The molecule has 0 saturated carbocycles. The maximum Gasteiger partial charge on any atom is 0.126 e. The van der Waals surface area contributed by atoms with E-state index >= 15 is 0 Å². The highest BCUT2D eigenvalue weighted by Gasteiger charge is 2.33. The van der Waals surface area contributed by atoms with Crippen molar-refractivity contribution in [2.75, 3.05) is 0 Å². The largest absolute Gasteiger partial charge is 0.744 e. The highest BCUT2D eigenvalue weighted by atomic mass is 32.2. The van der Waals surface area contributed by atoms with Crippen LogP contribution in [0.2, 0.25) is 0 Å². The van der Waals surface area contributed by atoms with Crippen molar-refractivity contribution in [2.24, 2.45) is 20.8 Å². The summed E-state index contributed by atoms with van der Waals surface area (Å²) in [7, 11) is -4.73. The van der Waals surface area contributed by atoms with Crippen LogP contribution in [0.4, 0.5) is 11.4 Å². The van der Waals surface area contributed by atoms with Gasteiger partial charge in [-0.05, 0) is 40.5 Å². The minimum Gasteiger partial charge on any atom is -0.744 e. The zero-order chi connectivity index (χ0) is 28.5. The fourth-order valence-electron chi connectivity index (χ4n) is 4.34. The lowest BCUT2D eigenvalue weighted by Crippen LogP contribution is -2.37. The lowest BCUT2D eigenvalue weighted by molar-refractivity contribution is 0.463. The van der Waals surface area contributed by atoms with Crippen molar-refractivity contribution in [1.82, 2.24) is 0 Å². The predicted molar refractivity (Wildman–Crippen MR) is 156 cm³/mol. The molecule has 0 aliphatic heterocycles. The summed E-state index contributed by atoms with van der Waals surface area (Å²) in [6.07, 6.45) is 0. The highest BCUT2D eigenvalue weighted by Crippen LogP contribution is 2.40. The van der Waals surface area contributed by atoms with Crippen molar-refractivity contribution in [3.05, 3.63) is 53.1 Å². The van der Waals surface area contributed by atoms with Gasteiger partial charge in [-0.25, -0.2) is 13.4 Å². The third-order valence-corrected chi connectivity index (χ3v) is 7.22. The van der Waals surface area contributed by atoms with E-state index in [9.17, 15) is 13.0 Å². The molecule has 0 aliphatic carbocycles. The van der Waals surface area contributed by atoms with Gasteiger partial charge in [0, 0.05) is 10.8 Å². The number of hydrogen-bond donors (Lipinski definition) is 0. The zero-order valence-corrected chi connectivity index (χ0v) is 25.5. The van der Waals surface area contributed by atoms with Gasteiger partial charge in [0.1, 0.15) is 10.1 Å². The van der Waals surface area contributed by atoms with Crippen molar-refractivity contribution in [2.45, 2.75) is 106 Å². The van der Waals surface area contributed by atoms with Gasteiger partial charge in [0.25, 0.3) is 0 Å². The van der Waals surface area contributed by atoms with Crippen LogP contribution < -0.4 is 0 Å². The quantitative estimate of drug-likeness (QED) is 0.267. The first-order chi connectivity index (χ1) is 16.8. The van der Waals surface area contributed by atoms with Crippen LogP contribution in [0.3, 0.4) is 0 Å². The SMILES string of the molecule is CC(C)c1cccc(C(C)C)c1N=C(C(=Nc1c(C(C)C)cccc1S(=O)(=O)[O-])C(C)(C)C)C(C)(C)C. The Morgan fingerprint density at radius 2 is 0.973 bits per heavy atom. The number of aliphatic imine (C=N–C) groups is 2. The van der Waals surface area contributed by atoms with Gasteiger partial charge >= 0.3 is 0 Å².